The fourth-order valence-corrected chi connectivity index (χ4v) is 1.62. The maximum Gasteiger partial charge on any atom is 0.0424 e. The first-order valence-corrected chi connectivity index (χ1v) is 5.93. The molecule has 1 nitrogen and oxygen atoms in total. The molecule has 0 bridgehead atoms. The lowest BCUT2D eigenvalue weighted by atomic mass is 10.0. The maximum atomic E-state index is 3.54. The molecule has 1 N–H and O–H groups in total. The van der Waals surface area contributed by atoms with E-state index in [4.69, 9.17) is 0 Å². The summed E-state index contributed by atoms with van der Waals surface area (Å²) in [6.07, 6.45) is 2.45. The normalized spacial score (nSPS) is 14.8. The van der Waals surface area contributed by atoms with Crippen molar-refractivity contribution in [2.45, 2.75) is 58.2 Å². The first kappa shape index (κ1) is 12.3. The van der Waals surface area contributed by atoms with Crippen LogP contribution in [0.15, 0.2) is 0 Å². The number of hydrogen-bond donors (Lipinski definition) is 1. The Hall–Kier alpha value is 0.310. The Morgan fingerprint density at radius 1 is 1.33 bits per heavy atom. The molecule has 1 atom stereocenters. The van der Waals surface area contributed by atoms with Crippen molar-refractivity contribution in [1.82, 2.24) is 5.32 Å². The van der Waals surface area contributed by atoms with Gasteiger partial charge in [-0.25, -0.2) is 0 Å². The van der Waals surface area contributed by atoms with E-state index < -0.39 is 0 Å². The van der Waals surface area contributed by atoms with E-state index in [1.54, 1.807) is 0 Å². The van der Waals surface area contributed by atoms with Crippen molar-refractivity contribution in [2.75, 3.05) is 5.88 Å². The zero-order valence-electron chi connectivity index (χ0n) is 9.11. The molecular weight excluding hydrogens is 166 g/mol. The molecule has 12 heavy (non-hydrogen) atoms. The van der Waals surface area contributed by atoms with E-state index in [2.05, 4.69) is 39.9 Å². The first-order valence-electron chi connectivity index (χ1n) is 4.88. The summed E-state index contributed by atoms with van der Waals surface area (Å²) in [5.74, 6) is 1.08. The predicted molar refractivity (Wildman–Crippen MR) is 59.7 cm³/mol. The van der Waals surface area contributed by atoms with Gasteiger partial charge in [0.25, 0.3) is 0 Å². The average Bonchev–Trinajstić information content (AvgIpc) is 2.04. The second kappa shape index (κ2) is 5.87. The summed E-state index contributed by atoms with van der Waals surface area (Å²) in [4.78, 5) is 0. The van der Waals surface area contributed by atoms with Crippen molar-refractivity contribution in [3.63, 3.8) is 0 Å². The largest absolute Gasteiger partial charge is 0.303 e. The number of rotatable bonds is 6. The van der Waals surface area contributed by atoms with E-state index in [1.165, 1.54) is 12.8 Å². The Morgan fingerprint density at radius 3 is 2.33 bits per heavy atom. The summed E-state index contributed by atoms with van der Waals surface area (Å²) >= 11 is 2.01. The van der Waals surface area contributed by atoms with Crippen LogP contribution in [0.3, 0.4) is 0 Å². The Balaban J connectivity index is 3.42. The zero-order valence-corrected chi connectivity index (χ0v) is 9.92. The molecule has 0 rings (SSSR count). The van der Waals surface area contributed by atoms with Gasteiger partial charge in [0, 0.05) is 16.7 Å². The molecule has 0 aliphatic rings. The first-order chi connectivity index (χ1) is 5.52. The molecule has 0 saturated carbocycles. The Bertz CT molecular complexity index is 112. The van der Waals surface area contributed by atoms with Crippen molar-refractivity contribution in [3.8, 4) is 0 Å². The molecule has 0 spiro atoms. The average molecular weight is 189 g/mol. The second-order valence-electron chi connectivity index (χ2n) is 3.94. The molecule has 0 saturated heterocycles. The minimum Gasteiger partial charge on any atom is -0.303 e. The zero-order chi connectivity index (χ0) is 9.61. The number of thioether (sulfide) groups is 1. The monoisotopic (exact) mass is 189 g/mol. The summed E-state index contributed by atoms with van der Waals surface area (Å²) in [6, 6.07) is 0. The quantitative estimate of drug-likeness (QED) is 0.644. The third kappa shape index (κ3) is 5.90. The minimum atomic E-state index is 0.306. The van der Waals surface area contributed by atoms with Gasteiger partial charge in [0.1, 0.15) is 0 Å². The van der Waals surface area contributed by atoms with E-state index >= 15 is 0 Å². The van der Waals surface area contributed by atoms with Crippen LogP contribution in [0.4, 0.5) is 0 Å². The van der Waals surface area contributed by atoms with Crippen LogP contribution in [0.1, 0.15) is 47.5 Å². The van der Waals surface area contributed by atoms with Gasteiger partial charge in [-0.05, 0) is 26.7 Å². The van der Waals surface area contributed by atoms with Crippen molar-refractivity contribution in [2.24, 2.45) is 0 Å². The van der Waals surface area contributed by atoms with Gasteiger partial charge in [0.15, 0.2) is 0 Å². The van der Waals surface area contributed by atoms with Gasteiger partial charge < -0.3 is 5.32 Å². The lowest BCUT2D eigenvalue weighted by molar-refractivity contribution is 0.404. The molecule has 0 aromatic rings. The molecule has 0 aromatic carbocycles. The van der Waals surface area contributed by atoms with Crippen LogP contribution in [0.5, 0.6) is 0 Å². The number of nitrogens with one attached hydrogen (secondary N) is 1. The molecule has 1 unspecified atom stereocenters. The summed E-state index contributed by atoms with van der Waals surface area (Å²) in [7, 11) is 0. The Labute approximate surface area is 81.7 Å². The third-order valence-electron chi connectivity index (χ3n) is 2.38. The van der Waals surface area contributed by atoms with Crippen molar-refractivity contribution in [1.29, 1.82) is 0 Å². The standard InChI is InChI=1S/C10H23NS/c1-6-9(3)12-8-11-10(4,5)7-2/h9,11H,6-8H2,1-5H3. The van der Waals surface area contributed by atoms with Crippen LogP contribution in [-0.4, -0.2) is 16.7 Å². The molecule has 0 aliphatic heterocycles. The summed E-state index contributed by atoms with van der Waals surface area (Å²) in [5, 5.41) is 4.32. The molecule has 2 heteroatoms. The SMILES string of the molecule is CCC(C)SCNC(C)(C)CC. The molecule has 0 amide bonds. The molecule has 0 radical (unpaired) electrons. The third-order valence-corrected chi connectivity index (χ3v) is 3.59. The van der Waals surface area contributed by atoms with Crippen LogP contribution < -0.4 is 5.32 Å². The highest BCUT2D eigenvalue weighted by molar-refractivity contribution is 7.99. The van der Waals surface area contributed by atoms with Gasteiger partial charge in [-0.3, -0.25) is 0 Å². The van der Waals surface area contributed by atoms with E-state index in [0.29, 0.717) is 5.54 Å². The van der Waals surface area contributed by atoms with Gasteiger partial charge in [0.05, 0.1) is 0 Å². The van der Waals surface area contributed by atoms with Gasteiger partial charge in [-0.15, -0.1) is 11.8 Å². The summed E-state index contributed by atoms with van der Waals surface area (Å²) < 4.78 is 0. The highest BCUT2D eigenvalue weighted by Crippen LogP contribution is 2.14. The van der Waals surface area contributed by atoms with E-state index in [-0.39, 0.29) is 0 Å². The van der Waals surface area contributed by atoms with E-state index in [9.17, 15) is 0 Å². The van der Waals surface area contributed by atoms with Crippen molar-refractivity contribution in [3.05, 3.63) is 0 Å². The van der Waals surface area contributed by atoms with Gasteiger partial charge in [-0.1, -0.05) is 20.8 Å². The van der Waals surface area contributed by atoms with Crippen LogP contribution in [-0.2, 0) is 0 Å². The Morgan fingerprint density at radius 2 is 1.92 bits per heavy atom. The van der Waals surface area contributed by atoms with Crippen molar-refractivity contribution >= 4 is 11.8 Å². The lowest BCUT2D eigenvalue weighted by Crippen LogP contribution is -2.38. The van der Waals surface area contributed by atoms with E-state index in [1.807, 2.05) is 11.8 Å². The molecule has 0 fully saturated rings. The van der Waals surface area contributed by atoms with E-state index in [0.717, 1.165) is 11.1 Å². The van der Waals surface area contributed by atoms with Crippen LogP contribution in [0.2, 0.25) is 0 Å². The molecular formula is C10H23NS. The van der Waals surface area contributed by atoms with Gasteiger partial charge in [-0.2, -0.15) is 0 Å². The minimum absolute atomic E-state index is 0.306. The second-order valence-corrected chi connectivity index (χ2v) is 5.37. The fourth-order valence-electron chi connectivity index (χ4n) is 0.622. The molecule has 0 heterocycles. The summed E-state index contributed by atoms with van der Waals surface area (Å²) in [5.41, 5.74) is 0.306. The lowest BCUT2D eigenvalue weighted by Gasteiger charge is -2.25. The Kier molecular flexibility index (Phi) is 6.02. The fraction of sp³-hybridized carbons (Fsp3) is 1.00. The highest BCUT2D eigenvalue weighted by Gasteiger charge is 2.13. The molecule has 0 aromatic heterocycles. The smallest absolute Gasteiger partial charge is 0.0424 e. The maximum absolute atomic E-state index is 3.54. The number of hydrogen-bond acceptors (Lipinski definition) is 2. The van der Waals surface area contributed by atoms with Crippen LogP contribution in [0, 0.1) is 0 Å². The predicted octanol–water partition coefficient (Wildman–Crippen LogP) is 3.25. The van der Waals surface area contributed by atoms with Crippen molar-refractivity contribution < 1.29 is 0 Å². The summed E-state index contributed by atoms with van der Waals surface area (Å²) in [6.45, 7) is 11.3. The highest BCUT2D eigenvalue weighted by atomic mass is 32.2. The van der Waals surface area contributed by atoms with Gasteiger partial charge >= 0.3 is 0 Å². The molecule has 74 valence electrons. The van der Waals surface area contributed by atoms with Crippen LogP contribution in [0.25, 0.3) is 0 Å². The van der Waals surface area contributed by atoms with Gasteiger partial charge in [0.2, 0.25) is 0 Å². The molecule has 0 aliphatic carbocycles. The topological polar surface area (TPSA) is 12.0 Å². The van der Waals surface area contributed by atoms with Crippen LogP contribution >= 0.6 is 11.8 Å².